The van der Waals surface area contributed by atoms with Gasteiger partial charge in [0.15, 0.2) is 0 Å². The molecule has 0 radical (unpaired) electrons. The minimum Gasteiger partial charge on any atom is -0.481 e. The Balaban J connectivity index is 2.53. The first-order valence-corrected chi connectivity index (χ1v) is 7.08. The number of aliphatic carboxylic acids is 1. The average molecular weight is 277 g/mol. The number of hydrogen-bond donors (Lipinski definition) is 2. The van der Waals surface area contributed by atoms with Gasteiger partial charge in [-0.3, -0.25) is 9.59 Å². The van der Waals surface area contributed by atoms with E-state index in [1.807, 2.05) is 38.1 Å². The first kappa shape index (κ1) is 16.2. The number of aryl methyl sites for hydroxylation is 1. The van der Waals surface area contributed by atoms with E-state index in [9.17, 15) is 14.7 Å². The summed E-state index contributed by atoms with van der Waals surface area (Å²) in [5.41, 5.74) is 2.10. The summed E-state index contributed by atoms with van der Waals surface area (Å²) in [6.07, 6.45) is 2.69. The number of amides is 1. The summed E-state index contributed by atoms with van der Waals surface area (Å²) < 4.78 is 0. The van der Waals surface area contributed by atoms with Crippen molar-refractivity contribution in [1.82, 2.24) is 5.32 Å². The lowest BCUT2D eigenvalue weighted by atomic mass is 9.98. The normalized spacial score (nSPS) is 11.9. The van der Waals surface area contributed by atoms with E-state index in [4.69, 9.17) is 0 Å². The van der Waals surface area contributed by atoms with Gasteiger partial charge in [0.2, 0.25) is 5.91 Å². The number of carboxylic acid groups (broad SMARTS) is 1. The van der Waals surface area contributed by atoms with Gasteiger partial charge in [-0.1, -0.05) is 43.2 Å². The summed E-state index contributed by atoms with van der Waals surface area (Å²) in [6.45, 7) is 4.18. The number of benzene rings is 1. The van der Waals surface area contributed by atoms with Crippen molar-refractivity contribution in [2.75, 3.05) is 6.54 Å². The van der Waals surface area contributed by atoms with Gasteiger partial charge in [0.05, 0.1) is 5.92 Å². The topological polar surface area (TPSA) is 66.4 Å². The Kier molecular flexibility index (Phi) is 6.77. The van der Waals surface area contributed by atoms with Crippen molar-refractivity contribution in [2.24, 2.45) is 5.92 Å². The minimum atomic E-state index is -0.873. The molecule has 1 rings (SSSR count). The summed E-state index contributed by atoms with van der Waals surface area (Å²) in [7, 11) is 0. The van der Waals surface area contributed by atoms with Crippen molar-refractivity contribution >= 4 is 11.9 Å². The lowest BCUT2D eigenvalue weighted by Gasteiger charge is -2.14. The number of carboxylic acids is 1. The lowest BCUT2D eigenvalue weighted by Crippen LogP contribution is -2.34. The molecule has 1 aromatic carbocycles. The van der Waals surface area contributed by atoms with Crippen LogP contribution >= 0.6 is 0 Å². The summed E-state index contributed by atoms with van der Waals surface area (Å²) >= 11 is 0. The largest absolute Gasteiger partial charge is 0.481 e. The molecule has 0 aliphatic rings. The molecule has 1 aromatic rings. The highest BCUT2D eigenvalue weighted by atomic mass is 16.4. The van der Waals surface area contributed by atoms with Crippen molar-refractivity contribution in [3.8, 4) is 0 Å². The van der Waals surface area contributed by atoms with Crippen LogP contribution in [-0.4, -0.2) is 23.5 Å². The maximum absolute atomic E-state index is 11.5. The molecule has 4 nitrogen and oxygen atoms in total. The Labute approximate surface area is 120 Å². The van der Waals surface area contributed by atoms with Crippen molar-refractivity contribution in [2.45, 2.75) is 39.5 Å². The molecule has 0 saturated heterocycles. The van der Waals surface area contributed by atoms with E-state index < -0.39 is 11.9 Å². The lowest BCUT2D eigenvalue weighted by molar-refractivity contribution is -0.141. The zero-order valence-corrected chi connectivity index (χ0v) is 12.2. The molecule has 0 aliphatic heterocycles. The van der Waals surface area contributed by atoms with E-state index >= 15 is 0 Å². The molecule has 0 heterocycles. The van der Waals surface area contributed by atoms with E-state index in [1.54, 1.807) is 0 Å². The van der Waals surface area contributed by atoms with Crippen LogP contribution in [0.4, 0.5) is 0 Å². The van der Waals surface area contributed by atoms with Gasteiger partial charge in [-0.15, -0.1) is 0 Å². The zero-order chi connectivity index (χ0) is 15.0. The zero-order valence-electron chi connectivity index (χ0n) is 12.2. The van der Waals surface area contributed by atoms with Gasteiger partial charge in [-0.25, -0.2) is 0 Å². The third-order valence-electron chi connectivity index (χ3n) is 3.22. The highest BCUT2D eigenvalue weighted by Crippen LogP contribution is 2.11. The molecule has 2 N–H and O–H groups in total. The highest BCUT2D eigenvalue weighted by Gasteiger charge is 2.18. The number of hydrogen-bond acceptors (Lipinski definition) is 2. The second kappa shape index (κ2) is 8.35. The summed E-state index contributed by atoms with van der Waals surface area (Å²) in [5, 5.41) is 12.0. The molecule has 20 heavy (non-hydrogen) atoms. The predicted octanol–water partition coefficient (Wildman–Crippen LogP) is 2.54. The first-order chi connectivity index (χ1) is 9.52. The van der Waals surface area contributed by atoms with Crippen LogP contribution in [0.15, 0.2) is 24.3 Å². The van der Waals surface area contributed by atoms with E-state index in [0.29, 0.717) is 12.8 Å². The Morgan fingerprint density at radius 1 is 1.35 bits per heavy atom. The van der Waals surface area contributed by atoms with Gasteiger partial charge in [-0.05, 0) is 25.3 Å². The van der Waals surface area contributed by atoms with E-state index in [0.717, 1.165) is 24.0 Å². The fourth-order valence-corrected chi connectivity index (χ4v) is 2.03. The summed E-state index contributed by atoms with van der Waals surface area (Å²) in [5.74, 6) is -1.52. The van der Waals surface area contributed by atoms with Crippen LogP contribution in [0.5, 0.6) is 0 Å². The molecule has 4 heteroatoms. The van der Waals surface area contributed by atoms with Gasteiger partial charge in [-0.2, -0.15) is 0 Å². The fourth-order valence-electron chi connectivity index (χ4n) is 2.03. The van der Waals surface area contributed by atoms with Crippen LogP contribution in [-0.2, 0) is 16.0 Å². The third kappa shape index (κ3) is 5.87. The standard InChI is InChI=1S/C16H23NO3/c1-3-4-8-15(18)17-11-14(16(19)20)10-13-7-5-6-12(2)9-13/h5-7,9,14H,3-4,8,10-11H2,1-2H3,(H,17,18)(H,19,20). The number of nitrogens with one attached hydrogen (secondary N) is 1. The van der Waals surface area contributed by atoms with E-state index in [2.05, 4.69) is 5.32 Å². The minimum absolute atomic E-state index is 0.0673. The smallest absolute Gasteiger partial charge is 0.308 e. The molecule has 0 spiro atoms. The summed E-state index contributed by atoms with van der Waals surface area (Å²) in [6, 6.07) is 7.80. The van der Waals surface area contributed by atoms with Crippen LogP contribution < -0.4 is 5.32 Å². The maximum atomic E-state index is 11.5. The van der Waals surface area contributed by atoms with Crippen molar-refractivity contribution in [3.63, 3.8) is 0 Å². The molecule has 0 fully saturated rings. The Hall–Kier alpha value is -1.84. The number of unbranched alkanes of at least 4 members (excludes halogenated alkanes) is 1. The molecule has 0 saturated carbocycles. The monoisotopic (exact) mass is 277 g/mol. The molecule has 0 aromatic heterocycles. The molecule has 110 valence electrons. The molecule has 0 bridgehead atoms. The molecular weight excluding hydrogens is 254 g/mol. The molecule has 0 aliphatic carbocycles. The van der Waals surface area contributed by atoms with E-state index in [-0.39, 0.29) is 12.5 Å². The highest BCUT2D eigenvalue weighted by molar-refractivity contribution is 5.77. The SMILES string of the molecule is CCCCC(=O)NCC(Cc1cccc(C)c1)C(=O)O. The Morgan fingerprint density at radius 2 is 2.10 bits per heavy atom. The van der Waals surface area contributed by atoms with Crippen LogP contribution in [0.1, 0.15) is 37.3 Å². The predicted molar refractivity (Wildman–Crippen MR) is 78.5 cm³/mol. The Morgan fingerprint density at radius 3 is 2.70 bits per heavy atom. The Bertz CT molecular complexity index is 457. The number of carbonyl (C=O) groups excluding carboxylic acids is 1. The fraction of sp³-hybridized carbons (Fsp3) is 0.500. The number of rotatable bonds is 8. The van der Waals surface area contributed by atoms with E-state index in [1.165, 1.54) is 0 Å². The quantitative estimate of drug-likeness (QED) is 0.767. The van der Waals surface area contributed by atoms with Crippen molar-refractivity contribution in [1.29, 1.82) is 0 Å². The number of carbonyl (C=O) groups is 2. The van der Waals surface area contributed by atoms with Crippen molar-refractivity contribution in [3.05, 3.63) is 35.4 Å². The average Bonchev–Trinajstić information content (AvgIpc) is 2.40. The van der Waals surface area contributed by atoms with Gasteiger partial charge < -0.3 is 10.4 Å². The van der Waals surface area contributed by atoms with Gasteiger partial charge in [0.25, 0.3) is 0 Å². The second-order valence-electron chi connectivity index (χ2n) is 5.14. The molecule has 1 atom stereocenters. The van der Waals surface area contributed by atoms with Gasteiger partial charge in [0, 0.05) is 13.0 Å². The van der Waals surface area contributed by atoms with Crippen LogP contribution in [0, 0.1) is 12.8 Å². The molecule has 1 amide bonds. The maximum Gasteiger partial charge on any atom is 0.308 e. The second-order valence-corrected chi connectivity index (χ2v) is 5.14. The van der Waals surface area contributed by atoms with Crippen LogP contribution in [0.3, 0.4) is 0 Å². The first-order valence-electron chi connectivity index (χ1n) is 7.08. The van der Waals surface area contributed by atoms with Gasteiger partial charge in [0.1, 0.15) is 0 Å². The molecular formula is C16H23NO3. The van der Waals surface area contributed by atoms with Crippen molar-refractivity contribution < 1.29 is 14.7 Å². The molecule has 1 unspecified atom stereocenters. The van der Waals surface area contributed by atoms with Gasteiger partial charge >= 0.3 is 5.97 Å². The van der Waals surface area contributed by atoms with Crippen LogP contribution in [0.2, 0.25) is 0 Å². The summed E-state index contributed by atoms with van der Waals surface area (Å²) in [4.78, 5) is 22.8. The third-order valence-corrected chi connectivity index (χ3v) is 3.22. The van der Waals surface area contributed by atoms with Crippen LogP contribution in [0.25, 0.3) is 0 Å².